The van der Waals surface area contributed by atoms with Crippen LogP contribution in [0.1, 0.15) is 37.1 Å². The normalized spacial score (nSPS) is 15.2. The predicted molar refractivity (Wildman–Crippen MR) is 121 cm³/mol. The number of hydrogen-bond acceptors (Lipinski definition) is 7. The molecule has 0 fully saturated rings. The highest BCUT2D eigenvalue weighted by Crippen LogP contribution is 2.15. The van der Waals surface area contributed by atoms with Gasteiger partial charge in [-0.15, -0.1) is 34.0 Å². The summed E-state index contributed by atoms with van der Waals surface area (Å²) >= 11 is 0. The van der Waals surface area contributed by atoms with E-state index in [0.29, 0.717) is 0 Å². The Morgan fingerprint density at radius 1 is 0.821 bits per heavy atom. The van der Waals surface area contributed by atoms with Crippen molar-refractivity contribution >= 4 is 34.0 Å². The molecule has 158 valence electrons. The van der Waals surface area contributed by atoms with Crippen molar-refractivity contribution in [3.05, 3.63) is 53.4 Å². The number of pyridine rings is 1. The average molecular weight is 521 g/mol. The van der Waals surface area contributed by atoms with Gasteiger partial charge in [-0.05, 0) is 37.8 Å². The van der Waals surface area contributed by atoms with Crippen LogP contribution in [-0.2, 0) is 13.1 Å². The van der Waals surface area contributed by atoms with Crippen LogP contribution in [0.5, 0.6) is 0 Å². The van der Waals surface area contributed by atoms with Crippen molar-refractivity contribution in [1.29, 1.82) is 0 Å². The second-order valence-electron chi connectivity index (χ2n) is 6.75. The van der Waals surface area contributed by atoms with Crippen molar-refractivity contribution in [3.8, 4) is 0 Å². The van der Waals surface area contributed by atoms with Crippen LogP contribution >= 0.6 is 34.0 Å². The fraction of sp³-hybridized carbons (Fsp3) is 0.526. The van der Waals surface area contributed by atoms with Crippen molar-refractivity contribution in [2.75, 3.05) is 26.6 Å². The largest absolute Gasteiger partial charge is 0.396 e. The van der Waals surface area contributed by atoms with Crippen molar-refractivity contribution in [1.82, 2.24) is 25.4 Å². The molecule has 2 aliphatic heterocycles. The molecule has 0 bridgehead atoms. The van der Waals surface area contributed by atoms with Crippen LogP contribution in [0.3, 0.4) is 0 Å². The van der Waals surface area contributed by atoms with Gasteiger partial charge in [-0.1, -0.05) is 6.07 Å². The second kappa shape index (κ2) is 13.0. The summed E-state index contributed by atoms with van der Waals surface area (Å²) in [6.45, 7) is 3.59. The van der Waals surface area contributed by atoms with Crippen molar-refractivity contribution in [2.24, 2.45) is 0 Å². The average Bonchev–Trinajstić information content (AvgIpc) is 3.28. The Bertz CT molecular complexity index is 606. The molecule has 0 unspecified atom stereocenters. The van der Waals surface area contributed by atoms with Crippen LogP contribution in [0.15, 0.2) is 42.0 Å². The monoisotopic (exact) mass is 519 g/mol. The van der Waals surface area contributed by atoms with Crippen LogP contribution < -0.4 is 10.6 Å². The van der Waals surface area contributed by atoms with Crippen LogP contribution in [0.25, 0.3) is 0 Å². The molecule has 7 nitrogen and oxygen atoms in total. The lowest BCUT2D eigenvalue weighted by Crippen LogP contribution is -2.23. The number of rotatable bonds is 10. The third-order valence-electron chi connectivity index (χ3n) is 4.50. The first-order valence-corrected chi connectivity index (χ1v) is 9.30. The van der Waals surface area contributed by atoms with Gasteiger partial charge in [0.1, 0.15) is 0 Å². The molecule has 2 aliphatic rings. The molecular weight excluding hydrogens is 490 g/mol. The van der Waals surface area contributed by atoms with Gasteiger partial charge in [0, 0.05) is 37.0 Å². The first-order valence-electron chi connectivity index (χ1n) is 9.30. The zero-order valence-electron chi connectivity index (χ0n) is 16.0. The smallest absolute Gasteiger partial charge is 0.0873 e. The molecular formula is C19H31Br2N5O2. The van der Waals surface area contributed by atoms with E-state index in [4.69, 9.17) is 15.2 Å². The Kier molecular flexibility index (Phi) is 11.5. The summed E-state index contributed by atoms with van der Waals surface area (Å²) in [6.07, 6.45) is 7.60. The van der Waals surface area contributed by atoms with Gasteiger partial charge in [0.05, 0.1) is 37.8 Å². The van der Waals surface area contributed by atoms with E-state index in [9.17, 15) is 0 Å². The van der Waals surface area contributed by atoms with Crippen LogP contribution in [0.2, 0.25) is 0 Å². The number of aliphatic hydroxyl groups excluding tert-OH is 2. The second-order valence-corrected chi connectivity index (χ2v) is 6.75. The van der Waals surface area contributed by atoms with Crippen LogP contribution in [0.4, 0.5) is 0 Å². The zero-order chi connectivity index (χ0) is 18.2. The maximum absolute atomic E-state index is 8.93. The summed E-state index contributed by atoms with van der Waals surface area (Å²) in [5.74, 6) is 0. The fourth-order valence-electron chi connectivity index (χ4n) is 3.20. The summed E-state index contributed by atoms with van der Waals surface area (Å²) in [6, 6.07) is 6.19. The predicted octanol–water partition coefficient (Wildman–Crippen LogP) is 2.19. The van der Waals surface area contributed by atoms with Gasteiger partial charge in [0.2, 0.25) is 0 Å². The third kappa shape index (κ3) is 7.62. The molecule has 4 N–H and O–H groups in total. The van der Waals surface area contributed by atoms with E-state index in [2.05, 4.69) is 51.0 Å². The number of halogens is 2. The molecule has 0 radical (unpaired) electrons. The van der Waals surface area contributed by atoms with Crippen molar-refractivity contribution in [3.63, 3.8) is 0 Å². The molecule has 0 atom stereocenters. The SMILES string of the molecule is Br.Br.OCCCC1=CN(Cc2cccc(CN3C=C(CCCO)NC3)n2)CN1. The van der Waals surface area contributed by atoms with E-state index in [1.807, 2.05) is 0 Å². The number of aromatic nitrogens is 1. The van der Waals surface area contributed by atoms with E-state index in [-0.39, 0.29) is 47.2 Å². The van der Waals surface area contributed by atoms with Gasteiger partial charge >= 0.3 is 0 Å². The van der Waals surface area contributed by atoms with Crippen molar-refractivity contribution in [2.45, 2.75) is 38.8 Å². The van der Waals surface area contributed by atoms with Gasteiger partial charge in [-0.25, -0.2) is 0 Å². The molecule has 1 aromatic rings. The van der Waals surface area contributed by atoms with Gasteiger partial charge in [-0.3, -0.25) is 4.98 Å². The topological polar surface area (TPSA) is 83.9 Å². The summed E-state index contributed by atoms with van der Waals surface area (Å²) in [4.78, 5) is 9.22. The van der Waals surface area contributed by atoms with E-state index in [1.165, 1.54) is 11.4 Å². The Balaban J connectivity index is 0.00000196. The Morgan fingerprint density at radius 2 is 1.29 bits per heavy atom. The number of hydrogen-bond donors (Lipinski definition) is 4. The van der Waals surface area contributed by atoms with E-state index in [1.54, 1.807) is 0 Å². The highest BCUT2D eigenvalue weighted by Gasteiger charge is 2.14. The van der Waals surface area contributed by atoms with E-state index in [0.717, 1.165) is 63.5 Å². The minimum atomic E-state index is 0. The molecule has 0 saturated heterocycles. The maximum Gasteiger partial charge on any atom is 0.0873 e. The molecule has 0 aliphatic carbocycles. The summed E-state index contributed by atoms with van der Waals surface area (Å²) in [5.41, 5.74) is 4.47. The fourth-order valence-corrected chi connectivity index (χ4v) is 3.20. The van der Waals surface area contributed by atoms with Crippen molar-refractivity contribution < 1.29 is 10.2 Å². The lowest BCUT2D eigenvalue weighted by atomic mass is 10.2. The molecule has 0 amide bonds. The minimum Gasteiger partial charge on any atom is -0.396 e. The van der Waals surface area contributed by atoms with Crippen LogP contribution in [-0.4, -0.2) is 51.5 Å². The van der Waals surface area contributed by atoms with Gasteiger partial charge in [0.25, 0.3) is 0 Å². The molecule has 0 aromatic carbocycles. The molecule has 3 rings (SSSR count). The first-order chi connectivity index (χ1) is 12.8. The van der Waals surface area contributed by atoms with E-state index >= 15 is 0 Å². The van der Waals surface area contributed by atoms with Crippen LogP contribution in [0, 0.1) is 0 Å². The number of aliphatic hydroxyl groups is 2. The van der Waals surface area contributed by atoms with Gasteiger partial charge in [0.15, 0.2) is 0 Å². The summed E-state index contributed by atoms with van der Waals surface area (Å²) in [7, 11) is 0. The Morgan fingerprint density at radius 3 is 1.71 bits per heavy atom. The summed E-state index contributed by atoms with van der Waals surface area (Å²) < 4.78 is 0. The molecule has 0 saturated carbocycles. The lowest BCUT2D eigenvalue weighted by molar-refractivity contribution is 0.287. The lowest BCUT2D eigenvalue weighted by Gasteiger charge is -2.16. The quantitative estimate of drug-likeness (QED) is 0.376. The van der Waals surface area contributed by atoms with Gasteiger partial charge < -0.3 is 30.6 Å². The first kappa shape index (κ1) is 24.7. The standard InChI is InChI=1S/C19H29N5O2.2BrH/c25-8-2-6-16-10-23(14-20-16)12-18-4-1-5-19(22-18)13-24-11-17(21-15-24)7-3-9-26;;/h1,4-5,10-11,20-21,25-26H,2-3,6-9,12-15H2;2*1H. The number of nitrogens with one attached hydrogen (secondary N) is 2. The third-order valence-corrected chi connectivity index (χ3v) is 4.50. The number of nitrogens with zero attached hydrogens (tertiary/aromatic N) is 3. The Labute approximate surface area is 188 Å². The molecule has 9 heteroatoms. The highest BCUT2D eigenvalue weighted by atomic mass is 79.9. The molecule has 1 aromatic heterocycles. The number of allylic oxidation sites excluding steroid dienone is 2. The molecule has 28 heavy (non-hydrogen) atoms. The maximum atomic E-state index is 8.93. The Hall–Kier alpha value is -1.29. The van der Waals surface area contributed by atoms with Gasteiger partial charge in [-0.2, -0.15) is 0 Å². The molecule has 3 heterocycles. The minimum absolute atomic E-state index is 0. The zero-order valence-corrected chi connectivity index (χ0v) is 19.4. The summed E-state index contributed by atoms with van der Waals surface area (Å²) in [5, 5.41) is 24.6. The molecule has 0 spiro atoms. The van der Waals surface area contributed by atoms with E-state index < -0.39 is 0 Å². The highest BCUT2D eigenvalue weighted by molar-refractivity contribution is 8.93.